The quantitative estimate of drug-likeness (QED) is 0.764. The lowest BCUT2D eigenvalue weighted by Crippen LogP contribution is -2.47. The van der Waals surface area contributed by atoms with Crippen molar-refractivity contribution in [2.75, 3.05) is 12.4 Å². The monoisotopic (exact) mass is 215 g/mol. The molecule has 0 aliphatic carbocycles. The Balaban J connectivity index is 1.90. The molecule has 0 bridgehead atoms. The van der Waals surface area contributed by atoms with Crippen LogP contribution in [0.4, 0.5) is 0 Å². The summed E-state index contributed by atoms with van der Waals surface area (Å²) in [5, 5.41) is 4.40. The van der Waals surface area contributed by atoms with E-state index in [0.717, 1.165) is 18.3 Å². The Morgan fingerprint density at radius 3 is 2.71 bits per heavy atom. The Bertz CT molecular complexity index is 213. The first kappa shape index (κ1) is 10.8. The fourth-order valence-electron chi connectivity index (χ4n) is 2.48. The van der Waals surface area contributed by atoms with Crippen LogP contribution in [0.1, 0.15) is 40.0 Å². The zero-order valence-electron chi connectivity index (χ0n) is 9.43. The van der Waals surface area contributed by atoms with Crippen LogP contribution in [0.5, 0.6) is 0 Å². The molecule has 2 rings (SSSR count). The van der Waals surface area contributed by atoms with Gasteiger partial charge in [-0.25, -0.2) is 0 Å². The second-order valence-corrected chi connectivity index (χ2v) is 6.78. The van der Waals surface area contributed by atoms with Crippen molar-refractivity contribution in [1.82, 2.24) is 5.32 Å². The van der Waals surface area contributed by atoms with E-state index in [1.165, 1.54) is 18.6 Å². The van der Waals surface area contributed by atoms with Crippen LogP contribution in [-0.4, -0.2) is 28.9 Å². The average molecular weight is 215 g/mol. The highest BCUT2D eigenvalue weighted by Gasteiger charge is 2.41. The van der Waals surface area contributed by atoms with Crippen LogP contribution >= 0.6 is 11.8 Å². The molecule has 2 aliphatic rings. The van der Waals surface area contributed by atoms with Crippen LogP contribution in [0.15, 0.2) is 0 Å². The summed E-state index contributed by atoms with van der Waals surface area (Å²) in [4.78, 5) is 0. The molecular weight excluding hydrogens is 194 g/mol. The Hall–Kier alpha value is 0.270. The van der Waals surface area contributed by atoms with Crippen molar-refractivity contribution in [2.45, 2.75) is 56.5 Å². The molecule has 2 saturated heterocycles. The SMILES string of the molecule is CC1(C)COC(C)(CC2CCCS2)N1. The minimum atomic E-state index is -0.0779. The lowest BCUT2D eigenvalue weighted by atomic mass is 10.0. The number of hydrogen-bond acceptors (Lipinski definition) is 3. The van der Waals surface area contributed by atoms with E-state index in [-0.39, 0.29) is 11.3 Å². The van der Waals surface area contributed by atoms with E-state index in [1.54, 1.807) is 0 Å². The molecule has 1 N–H and O–H groups in total. The molecule has 2 aliphatic heterocycles. The van der Waals surface area contributed by atoms with E-state index in [0.29, 0.717) is 0 Å². The zero-order valence-corrected chi connectivity index (χ0v) is 10.2. The van der Waals surface area contributed by atoms with Gasteiger partial charge < -0.3 is 4.74 Å². The maximum Gasteiger partial charge on any atom is 0.118 e. The smallest absolute Gasteiger partial charge is 0.118 e. The van der Waals surface area contributed by atoms with Crippen molar-refractivity contribution in [3.63, 3.8) is 0 Å². The van der Waals surface area contributed by atoms with Gasteiger partial charge in [-0.2, -0.15) is 11.8 Å². The zero-order chi connectivity index (χ0) is 10.2. The Labute approximate surface area is 91.2 Å². The van der Waals surface area contributed by atoms with Gasteiger partial charge in [0.25, 0.3) is 0 Å². The van der Waals surface area contributed by atoms with Crippen molar-refractivity contribution in [3.05, 3.63) is 0 Å². The second kappa shape index (κ2) is 3.69. The average Bonchev–Trinajstić information content (AvgIpc) is 2.60. The summed E-state index contributed by atoms with van der Waals surface area (Å²) in [6.45, 7) is 7.45. The second-order valence-electron chi connectivity index (χ2n) is 5.37. The summed E-state index contributed by atoms with van der Waals surface area (Å²) in [5.41, 5.74) is 0.0729. The number of nitrogens with one attached hydrogen (secondary N) is 1. The molecule has 14 heavy (non-hydrogen) atoms. The standard InChI is InChI=1S/C11H21NOS/c1-10(2)8-13-11(3,12-10)7-9-5-4-6-14-9/h9,12H,4-8H2,1-3H3. The Morgan fingerprint density at radius 1 is 1.43 bits per heavy atom. The van der Waals surface area contributed by atoms with E-state index >= 15 is 0 Å². The van der Waals surface area contributed by atoms with E-state index in [1.807, 2.05) is 0 Å². The van der Waals surface area contributed by atoms with Crippen LogP contribution in [0.25, 0.3) is 0 Å². The number of thioether (sulfide) groups is 1. The minimum Gasteiger partial charge on any atom is -0.359 e. The van der Waals surface area contributed by atoms with Crippen LogP contribution in [0, 0.1) is 0 Å². The molecule has 0 spiro atoms. The van der Waals surface area contributed by atoms with Crippen LogP contribution in [0.2, 0.25) is 0 Å². The molecular formula is C11H21NOS. The minimum absolute atomic E-state index is 0.0779. The fraction of sp³-hybridized carbons (Fsp3) is 1.00. The van der Waals surface area contributed by atoms with Crippen molar-refractivity contribution in [2.24, 2.45) is 0 Å². The Kier molecular flexibility index (Phi) is 2.84. The molecule has 2 nitrogen and oxygen atoms in total. The Morgan fingerprint density at radius 2 is 2.21 bits per heavy atom. The van der Waals surface area contributed by atoms with Gasteiger partial charge in [-0.1, -0.05) is 0 Å². The molecule has 0 aromatic heterocycles. The van der Waals surface area contributed by atoms with Crippen molar-refractivity contribution in [1.29, 1.82) is 0 Å². The topological polar surface area (TPSA) is 21.3 Å². The maximum absolute atomic E-state index is 5.89. The molecule has 3 heteroatoms. The van der Waals surface area contributed by atoms with Gasteiger partial charge in [0.1, 0.15) is 5.72 Å². The molecule has 0 saturated carbocycles. The first-order valence-corrected chi connectivity index (χ1v) is 6.59. The molecule has 2 unspecified atom stereocenters. The molecule has 2 atom stereocenters. The van der Waals surface area contributed by atoms with Gasteiger partial charge in [-0.05, 0) is 39.4 Å². The van der Waals surface area contributed by atoms with Gasteiger partial charge >= 0.3 is 0 Å². The largest absolute Gasteiger partial charge is 0.359 e. The van der Waals surface area contributed by atoms with Gasteiger partial charge in [0.2, 0.25) is 0 Å². The van der Waals surface area contributed by atoms with Crippen molar-refractivity contribution < 1.29 is 4.74 Å². The fourth-order valence-corrected chi connectivity index (χ4v) is 3.91. The lowest BCUT2D eigenvalue weighted by Gasteiger charge is -2.28. The first-order valence-electron chi connectivity index (χ1n) is 5.54. The molecule has 82 valence electrons. The number of ether oxygens (including phenoxy) is 1. The van der Waals surface area contributed by atoms with Crippen LogP contribution < -0.4 is 5.32 Å². The summed E-state index contributed by atoms with van der Waals surface area (Å²) >= 11 is 2.11. The first-order chi connectivity index (χ1) is 6.49. The van der Waals surface area contributed by atoms with Gasteiger partial charge in [0, 0.05) is 17.2 Å². The van der Waals surface area contributed by atoms with E-state index < -0.39 is 0 Å². The summed E-state index contributed by atoms with van der Waals surface area (Å²) in [6.07, 6.45) is 3.90. The third kappa shape index (κ3) is 2.44. The van der Waals surface area contributed by atoms with E-state index in [2.05, 4.69) is 37.8 Å². The maximum atomic E-state index is 5.89. The van der Waals surface area contributed by atoms with Crippen molar-refractivity contribution in [3.8, 4) is 0 Å². The molecule has 2 fully saturated rings. The van der Waals surface area contributed by atoms with E-state index in [9.17, 15) is 0 Å². The number of rotatable bonds is 2. The lowest BCUT2D eigenvalue weighted by molar-refractivity contribution is -0.000985. The molecule has 2 heterocycles. The highest BCUT2D eigenvalue weighted by atomic mass is 32.2. The summed E-state index contributed by atoms with van der Waals surface area (Å²) < 4.78 is 5.89. The van der Waals surface area contributed by atoms with Gasteiger partial charge in [-0.3, -0.25) is 5.32 Å². The summed E-state index contributed by atoms with van der Waals surface area (Å²) in [7, 11) is 0. The highest BCUT2D eigenvalue weighted by Crippen LogP contribution is 2.35. The summed E-state index contributed by atoms with van der Waals surface area (Å²) in [6, 6.07) is 0. The molecule has 0 amide bonds. The third-order valence-electron chi connectivity index (χ3n) is 3.00. The van der Waals surface area contributed by atoms with Gasteiger partial charge in [0.15, 0.2) is 0 Å². The number of hydrogen-bond donors (Lipinski definition) is 1. The van der Waals surface area contributed by atoms with Crippen LogP contribution in [-0.2, 0) is 4.74 Å². The molecule has 0 radical (unpaired) electrons. The van der Waals surface area contributed by atoms with E-state index in [4.69, 9.17) is 4.74 Å². The summed E-state index contributed by atoms with van der Waals surface area (Å²) in [5.74, 6) is 1.34. The predicted molar refractivity (Wildman–Crippen MR) is 61.7 cm³/mol. The molecule has 0 aromatic carbocycles. The molecule has 0 aromatic rings. The highest BCUT2D eigenvalue weighted by molar-refractivity contribution is 8.00. The normalized spacial score (nSPS) is 41.8. The van der Waals surface area contributed by atoms with Gasteiger partial charge in [0.05, 0.1) is 6.61 Å². The van der Waals surface area contributed by atoms with Crippen molar-refractivity contribution >= 4 is 11.8 Å². The third-order valence-corrected chi connectivity index (χ3v) is 4.39. The predicted octanol–water partition coefficient (Wildman–Crippen LogP) is 2.39. The van der Waals surface area contributed by atoms with Gasteiger partial charge in [-0.15, -0.1) is 0 Å². The van der Waals surface area contributed by atoms with Crippen LogP contribution in [0.3, 0.4) is 0 Å².